The SMILES string of the molecule is CC(C)c1ncnc2nn(C(C)C)cc12. The second kappa shape index (κ2) is 3.61. The molecule has 0 saturated heterocycles. The maximum absolute atomic E-state index is 4.42. The van der Waals surface area contributed by atoms with Gasteiger partial charge < -0.3 is 0 Å². The molecule has 0 fully saturated rings. The van der Waals surface area contributed by atoms with Gasteiger partial charge in [-0.3, -0.25) is 4.68 Å². The zero-order valence-corrected chi connectivity index (χ0v) is 9.60. The Kier molecular flexibility index (Phi) is 2.42. The summed E-state index contributed by atoms with van der Waals surface area (Å²) in [6, 6.07) is 0.360. The molecule has 0 amide bonds. The molecule has 15 heavy (non-hydrogen) atoms. The summed E-state index contributed by atoms with van der Waals surface area (Å²) in [7, 11) is 0. The van der Waals surface area contributed by atoms with Crippen LogP contribution in [0, 0.1) is 0 Å². The standard InChI is InChI=1S/C11H16N4/c1-7(2)10-9-5-15(8(3)4)14-11(9)13-6-12-10/h5-8H,1-4H3. The van der Waals surface area contributed by atoms with E-state index in [1.165, 1.54) is 0 Å². The minimum atomic E-state index is 0.360. The van der Waals surface area contributed by atoms with Crippen molar-refractivity contribution in [3.63, 3.8) is 0 Å². The topological polar surface area (TPSA) is 43.6 Å². The van der Waals surface area contributed by atoms with E-state index in [4.69, 9.17) is 0 Å². The van der Waals surface area contributed by atoms with Crippen LogP contribution in [0.15, 0.2) is 12.5 Å². The van der Waals surface area contributed by atoms with Crippen molar-refractivity contribution in [2.45, 2.75) is 39.7 Å². The van der Waals surface area contributed by atoms with Crippen LogP contribution in [-0.4, -0.2) is 19.7 Å². The van der Waals surface area contributed by atoms with Gasteiger partial charge in [0.1, 0.15) is 6.33 Å². The fourth-order valence-corrected chi connectivity index (χ4v) is 1.60. The van der Waals surface area contributed by atoms with E-state index in [9.17, 15) is 0 Å². The molecular formula is C11H16N4. The molecule has 0 aliphatic carbocycles. The van der Waals surface area contributed by atoms with E-state index < -0.39 is 0 Å². The first-order chi connectivity index (χ1) is 7.09. The van der Waals surface area contributed by atoms with Crippen molar-refractivity contribution in [3.05, 3.63) is 18.2 Å². The van der Waals surface area contributed by atoms with Gasteiger partial charge in [-0.15, -0.1) is 0 Å². The number of aromatic nitrogens is 4. The van der Waals surface area contributed by atoms with Gasteiger partial charge in [-0.1, -0.05) is 13.8 Å². The predicted molar refractivity (Wildman–Crippen MR) is 59.8 cm³/mol. The quantitative estimate of drug-likeness (QED) is 0.755. The van der Waals surface area contributed by atoms with Crippen LogP contribution in [0.1, 0.15) is 45.3 Å². The van der Waals surface area contributed by atoms with Crippen molar-refractivity contribution >= 4 is 11.0 Å². The number of nitrogens with zero attached hydrogens (tertiary/aromatic N) is 4. The summed E-state index contributed by atoms with van der Waals surface area (Å²) in [6.07, 6.45) is 3.63. The zero-order valence-electron chi connectivity index (χ0n) is 9.60. The summed E-state index contributed by atoms with van der Waals surface area (Å²) in [6.45, 7) is 8.48. The van der Waals surface area contributed by atoms with Crippen molar-refractivity contribution in [1.82, 2.24) is 19.7 Å². The van der Waals surface area contributed by atoms with Gasteiger partial charge in [0.15, 0.2) is 5.65 Å². The van der Waals surface area contributed by atoms with Crippen molar-refractivity contribution in [1.29, 1.82) is 0 Å². The van der Waals surface area contributed by atoms with Gasteiger partial charge in [-0.25, -0.2) is 9.97 Å². The monoisotopic (exact) mass is 204 g/mol. The van der Waals surface area contributed by atoms with Crippen LogP contribution in [0.5, 0.6) is 0 Å². The Balaban J connectivity index is 2.64. The van der Waals surface area contributed by atoms with E-state index in [1.807, 2.05) is 10.9 Å². The number of hydrogen-bond donors (Lipinski definition) is 0. The van der Waals surface area contributed by atoms with E-state index in [1.54, 1.807) is 6.33 Å². The van der Waals surface area contributed by atoms with Crippen LogP contribution in [-0.2, 0) is 0 Å². The second-order valence-corrected chi connectivity index (χ2v) is 4.35. The van der Waals surface area contributed by atoms with Crippen molar-refractivity contribution in [3.8, 4) is 0 Å². The molecule has 0 atom stereocenters. The van der Waals surface area contributed by atoms with Crippen LogP contribution >= 0.6 is 0 Å². The first-order valence-electron chi connectivity index (χ1n) is 5.29. The maximum Gasteiger partial charge on any atom is 0.184 e. The Hall–Kier alpha value is -1.45. The van der Waals surface area contributed by atoms with Gasteiger partial charge in [0.05, 0.1) is 11.1 Å². The van der Waals surface area contributed by atoms with Crippen LogP contribution in [0.2, 0.25) is 0 Å². The minimum absolute atomic E-state index is 0.360. The largest absolute Gasteiger partial charge is 0.267 e. The zero-order chi connectivity index (χ0) is 11.0. The summed E-state index contributed by atoms with van der Waals surface area (Å²) in [5.74, 6) is 0.403. The van der Waals surface area contributed by atoms with E-state index >= 15 is 0 Å². The third-order valence-corrected chi connectivity index (χ3v) is 2.44. The molecule has 2 aromatic rings. The van der Waals surface area contributed by atoms with E-state index in [2.05, 4.69) is 42.8 Å². The third kappa shape index (κ3) is 1.71. The summed E-state index contributed by atoms with van der Waals surface area (Å²) in [4.78, 5) is 8.50. The Morgan fingerprint density at radius 2 is 1.87 bits per heavy atom. The van der Waals surface area contributed by atoms with Gasteiger partial charge >= 0.3 is 0 Å². The Morgan fingerprint density at radius 1 is 1.13 bits per heavy atom. The van der Waals surface area contributed by atoms with Crippen LogP contribution in [0.3, 0.4) is 0 Å². The number of hydrogen-bond acceptors (Lipinski definition) is 3. The average molecular weight is 204 g/mol. The van der Waals surface area contributed by atoms with Crippen molar-refractivity contribution in [2.75, 3.05) is 0 Å². The first kappa shape index (κ1) is 10.1. The van der Waals surface area contributed by atoms with E-state index in [-0.39, 0.29) is 0 Å². The number of fused-ring (bicyclic) bond motifs is 1. The minimum Gasteiger partial charge on any atom is -0.267 e. The molecule has 0 bridgehead atoms. The number of rotatable bonds is 2. The molecule has 4 nitrogen and oxygen atoms in total. The highest BCUT2D eigenvalue weighted by atomic mass is 15.3. The fourth-order valence-electron chi connectivity index (χ4n) is 1.60. The maximum atomic E-state index is 4.42. The van der Waals surface area contributed by atoms with Crippen LogP contribution in [0.4, 0.5) is 0 Å². The highest BCUT2D eigenvalue weighted by Gasteiger charge is 2.11. The molecule has 4 heteroatoms. The molecule has 0 aromatic carbocycles. The summed E-state index contributed by atoms with van der Waals surface area (Å²) >= 11 is 0. The molecule has 2 heterocycles. The van der Waals surface area contributed by atoms with Crippen molar-refractivity contribution < 1.29 is 0 Å². The molecule has 2 rings (SSSR count). The van der Waals surface area contributed by atoms with Gasteiger partial charge in [-0.05, 0) is 19.8 Å². The van der Waals surface area contributed by atoms with Gasteiger partial charge in [0, 0.05) is 12.2 Å². The highest BCUT2D eigenvalue weighted by Crippen LogP contribution is 2.21. The lowest BCUT2D eigenvalue weighted by atomic mass is 10.1. The first-order valence-corrected chi connectivity index (χ1v) is 5.29. The molecule has 0 unspecified atom stereocenters. The molecule has 0 saturated carbocycles. The molecule has 2 aromatic heterocycles. The molecule has 0 aliphatic heterocycles. The Bertz CT molecular complexity index is 470. The molecule has 80 valence electrons. The fraction of sp³-hybridized carbons (Fsp3) is 0.545. The van der Waals surface area contributed by atoms with Gasteiger partial charge in [0.25, 0.3) is 0 Å². The predicted octanol–water partition coefficient (Wildman–Crippen LogP) is 2.53. The summed E-state index contributed by atoms with van der Waals surface area (Å²) in [5.41, 5.74) is 1.87. The Labute approximate surface area is 89.3 Å². The average Bonchev–Trinajstić information content (AvgIpc) is 2.60. The summed E-state index contributed by atoms with van der Waals surface area (Å²) < 4.78 is 1.94. The molecule has 0 spiro atoms. The van der Waals surface area contributed by atoms with Crippen LogP contribution in [0.25, 0.3) is 11.0 Å². The molecular weight excluding hydrogens is 188 g/mol. The highest BCUT2D eigenvalue weighted by molar-refractivity contribution is 5.76. The van der Waals surface area contributed by atoms with E-state index in [0.717, 1.165) is 16.7 Å². The lowest BCUT2D eigenvalue weighted by Crippen LogP contribution is -2.00. The smallest absolute Gasteiger partial charge is 0.184 e. The summed E-state index contributed by atoms with van der Waals surface area (Å²) in [5, 5.41) is 5.49. The lowest BCUT2D eigenvalue weighted by molar-refractivity contribution is 0.536. The van der Waals surface area contributed by atoms with Crippen LogP contribution < -0.4 is 0 Å². The normalized spacial score (nSPS) is 11.9. The van der Waals surface area contributed by atoms with Gasteiger partial charge in [0.2, 0.25) is 0 Å². The third-order valence-electron chi connectivity index (χ3n) is 2.44. The second-order valence-electron chi connectivity index (χ2n) is 4.35. The Morgan fingerprint density at radius 3 is 2.47 bits per heavy atom. The molecule has 0 N–H and O–H groups in total. The lowest BCUT2D eigenvalue weighted by Gasteiger charge is -2.03. The molecule has 0 radical (unpaired) electrons. The molecule has 0 aliphatic rings. The van der Waals surface area contributed by atoms with Crippen molar-refractivity contribution in [2.24, 2.45) is 0 Å². The van der Waals surface area contributed by atoms with E-state index in [0.29, 0.717) is 12.0 Å². The van der Waals surface area contributed by atoms with Gasteiger partial charge in [-0.2, -0.15) is 5.10 Å².